The Morgan fingerprint density at radius 2 is 2.00 bits per heavy atom. The summed E-state index contributed by atoms with van der Waals surface area (Å²) in [6, 6.07) is 0. The summed E-state index contributed by atoms with van der Waals surface area (Å²) in [7, 11) is 0. The average Bonchev–Trinajstić information content (AvgIpc) is 1.83. The maximum atomic E-state index is 10.4. The lowest BCUT2D eigenvalue weighted by Gasteiger charge is -2.17. The fourth-order valence-corrected chi connectivity index (χ4v) is 0.721. The predicted octanol–water partition coefficient (Wildman–Crippen LogP) is -0.517. The number of carbonyl (C=O) groups excluding carboxylic acids is 1. The zero-order chi connectivity index (χ0) is 9.61. The Balaban J connectivity index is 3.17. The van der Waals surface area contributed by atoms with E-state index < -0.39 is 5.60 Å². The van der Waals surface area contributed by atoms with Gasteiger partial charge in [0, 0.05) is 26.6 Å². The molecule has 0 fully saturated rings. The second kappa shape index (κ2) is 5.11. The maximum Gasteiger partial charge on any atom is 0.216 e. The first-order chi connectivity index (χ1) is 5.42. The first kappa shape index (κ1) is 11.4. The molecule has 0 unspecified atom stereocenters. The Hall–Kier alpha value is -0.610. The van der Waals surface area contributed by atoms with Gasteiger partial charge in [-0.25, -0.2) is 0 Å². The third kappa shape index (κ3) is 9.39. The molecule has 0 saturated carbocycles. The van der Waals surface area contributed by atoms with Crippen LogP contribution in [-0.2, 0) is 4.79 Å². The van der Waals surface area contributed by atoms with Gasteiger partial charge in [0.05, 0.1) is 5.60 Å². The predicted molar refractivity (Wildman–Crippen MR) is 47.9 cm³/mol. The maximum absolute atomic E-state index is 10.4. The molecular weight excluding hydrogens is 156 g/mol. The van der Waals surface area contributed by atoms with Gasteiger partial charge in [-0.2, -0.15) is 0 Å². The number of amides is 1. The summed E-state index contributed by atoms with van der Waals surface area (Å²) in [6.45, 7) is 6.77. The minimum atomic E-state index is -0.684. The molecule has 0 spiro atoms. The second-order valence-electron chi connectivity index (χ2n) is 3.47. The number of carbonyl (C=O) groups is 1. The monoisotopic (exact) mass is 174 g/mol. The number of nitrogens with one attached hydrogen (secondary N) is 2. The van der Waals surface area contributed by atoms with Crippen molar-refractivity contribution in [2.75, 3.05) is 19.6 Å². The largest absolute Gasteiger partial charge is 0.389 e. The molecule has 0 aromatic heterocycles. The zero-order valence-electron chi connectivity index (χ0n) is 7.98. The molecule has 0 aliphatic rings. The van der Waals surface area contributed by atoms with Crippen molar-refractivity contribution in [2.45, 2.75) is 26.4 Å². The molecule has 1 amide bonds. The lowest BCUT2D eigenvalue weighted by atomic mass is 10.1. The molecule has 0 radical (unpaired) electrons. The van der Waals surface area contributed by atoms with Crippen LogP contribution in [0.5, 0.6) is 0 Å². The van der Waals surface area contributed by atoms with E-state index in [0.29, 0.717) is 19.6 Å². The van der Waals surface area contributed by atoms with E-state index in [1.54, 1.807) is 13.8 Å². The van der Waals surface area contributed by atoms with Crippen LogP contribution in [0.1, 0.15) is 20.8 Å². The Morgan fingerprint density at radius 3 is 2.42 bits per heavy atom. The highest BCUT2D eigenvalue weighted by Gasteiger charge is 2.10. The molecule has 0 aliphatic carbocycles. The van der Waals surface area contributed by atoms with Gasteiger partial charge in [0.2, 0.25) is 5.91 Å². The SMILES string of the molecule is CC(=O)NCCNCC(C)(C)O. The van der Waals surface area contributed by atoms with E-state index in [2.05, 4.69) is 10.6 Å². The van der Waals surface area contributed by atoms with Gasteiger partial charge in [-0.1, -0.05) is 0 Å². The molecule has 4 nitrogen and oxygen atoms in total. The van der Waals surface area contributed by atoms with Crippen LogP contribution in [0.25, 0.3) is 0 Å². The molecule has 0 bridgehead atoms. The fourth-order valence-electron chi connectivity index (χ4n) is 0.721. The number of hydrogen-bond acceptors (Lipinski definition) is 3. The van der Waals surface area contributed by atoms with Crippen molar-refractivity contribution in [1.29, 1.82) is 0 Å². The molecule has 72 valence electrons. The average molecular weight is 174 g/mol. The summed E-state index contributed by atoms with van der Waals surface area (Å²) in [5.41, 5.74) is -0.684. The highest BCUT2D eigenvalue weighted by Crippen LogP contribution is 1.95. The topological polar surface area (TPSA) is 61.4 Å². The van der Waals surface area contributed by atoms with Crippen LogP contribution in [0.3, 0.4) is 0 Å². The normalized spacial score (nSPS) is 11.3. The molecule has 0 aromatic carbocycles. The molecule has 0 heterocycles. The van der Waals surface area contributed by atoms with Gasteiger partial charge in [0.1, 0.15) is 0 Å². The molecule has 0 aliphatic heterocycles. The van der Waals surface area contributed by atoms with Crippen molar-refractivity contribution in [3.05, 3.63) is 0 Å². The molecule has 12 heavy (non-hydrogen) atoms. The third-order valence-corrected chi connectivity index (χ3v) is 1.23. The molecule has 4 heteroatoms. The van der Waals surface area contributed by atoms with E-state index >= 15 is 0 Å². The minimum absolute atomic E-state index is 0.0277. The van der Waals surface area contributed by atoms with Crippen LogP contribution in [0.4, 0.5) is 0 Å². The number of hydrogen-bond donors (Lipinski definition) is 3. The van der Waals surface area contributed by atoms with Crippen molar-refractivity contribution in [1.82, 2.24) is 10.6 Å². The molecule has 3 N–H and O–H groups in total. The van der Waals surface area contributed by atoms with E-state index in [1.807, 2.05) is 0 Å². The first-order valence-corrected chi connectivity index (χ1v) is 4.09. The van der Waals surface area contributed by atoms with Gasteiger partial charge in [-0.3, -0.25) is 4.79 Å². The number of rotatable bonds is 5. The third-order valence-electron chi connectivity index (χ3n) is 1.23. The summed E-state index contributed by atoms with van der Waals surface area (Å²) < 4.78 is 0. The van der Waals surface area contributed by atoms with Crippen molar-refractivity contribution in [3.8, 4) is 0 Å². The highest BCUT2D eigenvalue weighted by atomic mass is 16.3. The van der Waals surface area contributed by atoms with Crippen molar-refractivity contribution < 1.29 is 9.90 Å². The summed E-state index contributed by atoms with van der Waals surface area (Å²) in [4.78, 5) is 10.4. The quantitative estimate of drug-likeness (QED) is 0.492. The summed E-state index contributed by atoms with van der Waals surface area (Å²) in [6.07, 6.45) is 0. The van der Waals surface area contributed by atoms with Gasteiger partial charge in [0.25, 0.3) is 0 Å². The Kier molecular flexibility index (Phi) is 4.85. The van der Waals surface area contributed by atoms with Gasteiger partial charge >= 0.3 is 0 Å². The van der Waals surface area contributed by atoms with Gasteiger partial charge < -0.3 is 15.7 Å². The van der Waals surface area contributed by atoms with Crippen molar-refractivity contribution in [2.24, 2.45) is 0 Å². The second-order valence-corrected chi connectivity index (χ2v) is 3.47. The van der Waals surface area contributed by atoms with Crippen LogP contribution in [-0.4, -0.2) is 36.2 Å². The Bertz CT molecular complexity index is 140. The molecule has 0 aromatic rings. The molecule has 0 atom stereocenters. The van der Waals surface area contributed by atoms with Gasteiger partial charge in [-0.05, 0) is 13.8 Å². The Morgan fingerprint density at radius 1 is 1.42 bits per heavy atom. The molecular formula is C8H18N2O2. The summed E-state index contributed by atoms with van der Waals surface area (Å²) >= 11 is 0. The minimum Gasteiger partial charge on any atom is -0.389 e. The first-order valence-electron chi connectivity index (χ1n) is 4.09. The lowest BCUT2D eigenvalue weighted by molar-refractivity contribution is -0.118. The van der Waals surface area contributed by atoms with Gasteiger partial charge in [-0.15, -0.1) is 0 Å². The van der Waals surface area contributed by atoms with Crippen LogP contribution in [0, 0.1) is 0 Å². The van der Waals surface area contributed by atoms with Crippen LogP contribution < -0.4 is 10.6 Å². The van der Waals surface area contributed by atoms with Crippen LogP contribution in [0.2, 0.25) is 0 Å². The smallest absolute Gasteiger partial charge is 0.216 e. The van der Waals surface area contributed by atoms with E-state index in [9.17, 15) is 9.90 Å². The fraction of sp³-hybridized carbons (Fsp3) is 0.875. The van der Waals surface area contributed by atoms with E-state index in [1.165, 1.54) is 6.92 Å². The van der Waals surface area contributed by atoms with Crippen LogP contribution >= 0.6 is 0 Å². The van der Waals surface area contributed by atoms with Gasteiger partial charge in [0.15, 0.2) is 0 Å². The van der Waals surface area contributed by atoms with Crippen molar-refractivity contribution >= 4 is 5.91 Å². The van der Waals surface area contributed by atoms with Crippen LogP contribution in [0.15, 0.2) is 0 Å². The number of aliphatic hydroxyl groups is 1. The summed E-state index contributed by atoms with van der Waals surface area (Å²) in [5, 5.41) is 14.9. The van der Waals surface area contributed by atoms with Crippen molar-refractivity contribution in [3.63, 3.8) is 0 Å². The highest BCUT2D eigenvalue weighted by molar-refractivity contribution is 5.72. The Labute approximate surface area is 73.3 Å². The summed E-state index contributed by atoms with van der Waals surface area (Å²) in [5.74, 6) is -0.0277. The molecule has 0 saturated heterocycles. The molecule has 0 rings (SSSR count). The lowest BCUT2D eigenvalue weighted by Crippen LogP contribution is -2.38. The van der Waals surface area contributed by atoms with E-state index in [0.717, 1.165) is 0 Å². The standard InChI is InChI=1S/C8H18N2O2/c1-7(11)10-5-4-9-6-8(2,3)12/h9,12H,4-6H2,1-3H3,(H,10,11). The zero-order valence-corrected chi connectivity index (χ0v) is 7.98. The van der Waals surface area contributed by atoms with E-state index in [4.69, 9.17) is 0 Å². The van der Waals surface area contributed by atoms with E-state index in [-0.39, 0.29) is 5.91 Å².